The molecule has 31 heavy (non-hydrogen) atoms. The van der Waals surface area contributed by atoms with E-state index in [1.807, 2.05) is 13.8 Å². The lowest BCUT2D eigenvalue weighted by atomic mass is 9.95. The van der Waals surface area contributed by atoms with E-state index >= 15 is 0 Å². The molecule has 2 aromatic rings. The van der Waals surface area contributed by atoms with Gasteiger partial charge in [-0.15, -0.1) is 0 Å². The fourth-order valence-corrected chi connectivity index (χ4v) is 3.91. The average molecular weight is 446 g/mol. The van der Waals surface area contributed by atoms with Gasteiger partial charge in [0.05, 0.1) is 11.3 Å². The van der Waals surface area contributed by atoms with Gasteiger partial charge in [-0.1, -0.05) is 36.7 Å². The number of hydrogen-bond donors (Lipinski definition) is 2. The lowest BCUT2D eigenvalue weighted by Gasteiger charge is -2.31. The van der Waals surface area contributed by atoms with Crippen molar-refractivity contribution in [2.75, 3.05) is 18.4 Å². The summed E-state index contributed by atoms with van der Waals surface area (Å²) in [6, 6.07) is 11.8. The molecule has 3 rings (SSSR count). The molecule has 1 fully saturated rings. The summed E-state index contributed by atoms with van der Waals surface area (Å²) >= 11 is 6.14. The van der Waals surface area contributed by atoms with Gasteiger partial charge in [0.1, 0.15) is 5.82 Å². The molecule has 1 aliphatic rings. The first-order valence-corrected chi connectivity index (χ1v) is 11.1. The third kappa shape index (κ3) is 6.05. The predicted molar refractivity (Wildman–Crippen MR) is 122 cm³/mol. The minimum absolute atomic E-state index is 0.0588. The van der Waals surface area contributed by atoms with Crippen LogP contribution < -0.4 is 10.6 Å². The highest BCUT2D eigenvalue weighted by molar-refractivity contribution is 6.31. The minimum atomic E-state index is -0.306. The molecular weight excluding hydrogens is 417 g/mol. The smallest absolute Gasteiger partial charge is 0.253 e. The first-order valence-electron chi connectivity index (χ1n) is 10.7. The summed E-state index contributed by atoms with van der Waals surface area (Å²) in [5, 5.41) is 6.30. The summed E-state index contributed by atoms with van der Waals surface area (Å²) < 4.78 is 14.0. The lowest BCUT2D eigenvalue weighted by molar-refractivity contribution is -0.121. The lowest BCUT2D eigenvalue weighted by Crippen LogP contribution is -2.38. The number of rotatable bonds is 7. The van der Waals surface area contributed by atoms with E-state index in [1.54, 1.807) is 36.4 Å². The Bertz CT molecular complexity index is 909. The van der Waals surface area contributed by atoms with Crippen molar-refractivity contribution in [1.29, 1.82) is 0 Å². The quantitative estimate of drug-likeness (QED) is 0.639. The van der Waals surface area contributed by atoms with Crippen LogP contribution in [-0.4, -0.2) is 35.8 Å². The zero-order chi connectivity index (χ0) is 22.4. The minimum Gasteiger partial charge on any atom is -0.350 e. The summed E-state index contributed by atoms with van der Waals surface area (Å²) in [7, 11) is 0. The first kappa shape index (κ1) is 23.2. The Kier molecular flexibility index (Phi) is 8.04. The van der Waals surface area contributed by atoms with Crippen molar-refractivity contribution < 1.29 is 14.0 Å². The zero-order valence-corrected chi connectivity index (χ0v) is 18.7. The van der Waals surface area contributed by atoms with Crippen LogP contribution in [0, 0.1) is 11.7 Å². The van der Waals surface area contributed by atoms with Gasteiger partial charge >= 0.3 is 0 Å². The predicted octanol–water partition coefficient (Wildman–Crippen LogP) is 4.86. The van der Waals surface area contributed by atoms with Crippen molar-refractivity contribution in [2.45, 2.75) is 45.7 Å². The van der Waals surface area contributed by atoms with Crippen LogP contribution in [0.4, 0.5) is 10.1 Å². The molecule has 1 heterocycles. The highest BCUT2D eigenvalue weighted by atomic mass is 35.5. The van der Waals surface area contributed by atoms with Crippen LogP contribution in [-0.2, 0) is 11.3 Å². The topological polar surface area (TPSA) is 61.4 Å². The summed E-state index contributed by atoms with van der Waals surface area (Å²) in [5.74, 6) is -0.744. The number of para-hydroxylation sites is 1. The summed E-state index contributed by atoms with van der Waals surface area (Å²) in [4.78, 5) is 27.5. The van der Waals surface area contributed by atoms with Crippen LogP contribution in [0.2, 0.25) is 5.02 Å². The number of carbonyl (C=O) groups excluding carboxylic acids is 2. The van der Waals surface area contributed by atoms with Crippen molar-refractivity contribution in [2.24, 2.45) is 5.92 Å². The highest BCUT2D eigenvalue weighted by Gasteiger charge is 2.27. The summed E-state index contributed by atoms with van der Waals surface area (Å²) in [6.07, 6.45) is 2.16. The first-order chi connectivity index (χ1) is 14.9. The SMILES string of the molecule is CC[C@@H](C)NC(=O)c1ccccc1NC(=O)C1CCN(Cc2c(F)cccc2Cl)CC1. The molecule has 1 atom stereocenters. The maximum Gasteiger partial charge on any atom is 0.253 e. The molecule has 2 amide bonds. The van der Waals surface area contributed by atoms with Crippen LogP contribution in [0.1, 0.15) is 49.0 Å². The molecule has 166 valence electrons. The fraction of sp³-hybridized carbons (Fsp3) is 0.417. The molecule has 0 unspecified atom stereocenters. The van der Waals surface area contributed by atoms with Crippen LogP contribution in [0.25, 0.3) is 0 Å². The molecule has 0 aromatic heterocycles. The zero-order valence-electron chi connectivity index (χ0n) is 18.0. The molecule has 0 bridgehead atoms. The Morgan fingerprint density at radius 1 is 1.16 bits per heavy atom. The molecule has 0 spiro atoms. The second kappa shape index (κ2) is 10.7. The van der Waals surface area contributed by atoms with Gasteiger partial charge in [-0.3, -0.25) is 14.5 Å². The van der Waals surface area contributed by atoms with E-state index in [-0.39, 0.29) is 29.6 Å². The number of carbonyl (C=O) groups is 2. The maximum absolute atomic E-state index is 14.0. The van der Waals surface area contributed by atoms with Crippen molar-refractivity contribution in [3.63, 3.8) is 0 Å². The molecule has 1 aliphatic heterocycles. The number of nitrogens with zero attached hydrogens (tertiary/aromatic N) is 1. The van der Waals surface area contributed by atoms with Gasteiger partial charge in [-0.25, -0.2) is 4.39 Å². The van der Waals surface area contributed by atoms with Crippen LogP contribution >= 0.6 is 11.6 Å². The number of halogens is 2. The standard InChI is InChI=1S/C24H29ClFN3O2/c1-3-16(2)27-24(31)18-7-4-5-10-22(18)28-23(30)17-11-13-29(14-12-17)15-19-20(25)8-6-9-21(19)26/h4-10,16-17H,3,11-15H2,1-2H3,(H,27,31)(H,28,30)/t16-/m1/s1. The van der Waals surface area contributed by atoms with Crippen LogP contribution in [0.15, 0.2) is 42.5 Å². The number of piperidine rings is 1. The van der Waals surface area contributed by atoms with Gasteiger partial charge in [0, 0.05) is 29.1 Å². The van der Waals surface area contributed by atoms with Gasteiger partial charge in [0.15, 0.2) is 0 Å². The average Bonchev–Trinajstić information content (AvgIpc) is 2.77. The number of nitrogens with one attached hydrogen (secondary N) is 2. The molecule has 0 radical (unpaired) electrons. The van der Waals surface area contributed by atoms with Gasteiger partial charge in [-0.05, 0) is 63.5 Å². The Hall–Kier alpha value is -2.44. The van der Waals surface area contributed by atoms with Gasteiger partial charge in [0.2, 0.25) is 5.91 Å². The second-order valence-corrected chi connectivity index (χ2v) is 8.48. The molecule has 7 heteroatoms. The van der Waals surface area contributed by atoms with Crippen molar-refractivity contribution in [1.82, 2.24) is 10.2 Å². The molecule has 0 aliphatic carbocycles. The largest absolute Gasteiger partial charge is 0.350 e. The second-order valence-electron chi connectivity index (χ2n) is 8.07. The Balaban J connectivity index is 1.58. The van der Waals surface area contributed by atoms with E-state index in [2.05, 4.69) is 15.5 Å². The van der Waals surface area contributed by atoms with Gasteiger partial charge in [-0.2, -0.15) is 0 Å². The normalized spacial score (nSPS) is 16.0. The number of amides is 2. The number of benzene rings is 2. The Labute approximate surface area is 188 Å². The van der Waals surface area contributed by atoms with Gasteiger partial charge < -0.3 is 10.6 Å². The van der Waals surface area contributed by atoms with E-state index in [9.17, 15) is 14.0 Å². The number of anilines is 1. The third-order valence-corrected chi connectivity index (χ3v) is 6.18. The summed E-state index contributed by atoms with van der Waals surface area (Å²) in [5.41, 5.74) is 1.48. The van der Waals surface area contributed by atoms with Crippen LogP contribution in [0.5, 0.6) is 0 Å². The number of hydrogen-bond acceptors (Lipinski definition) is 3. The molecule has 5 nitrogen and oxygen atoms in total. The van der Waals surface area contributed by atoms with E-state index in [4.69, 9.17) is 11.6 Å². The maximum atomic E-state index is 14.0. The molecular formula is C24H29ClFN3O2. The van der Waals surface area contributed by atoms with Crippen molar-refractivity contribution >= 4 is 29.1 Å². The van der Waals surface area contributed by atoms with Gasteiger partial charge in [0.25, 0.3) is 5.91 Å². The van der Waals surface area contributed by atoms with E-state index in [0.717, 1.165) is 6.42 Å². The van der Waals surface area contributed by atoms with Crippen molar-refractivity contribution in [3.05, 3.63) is 64.4 Å². The molecule has 0 saturated carbocycles. The number of likely N-dealkylation sites (tertiary alicyclic amines) is 1. The molecule has 2 N–H and O–H groups in total. The van der Waals surface area contributed by atoms with E-state index < -0.39 is 0 Å². The Morgan fingerprint density at radius 3 is 2.55 bits per heavy atom. The van der Waals surface area contributed by atoms with E-state index in [1.165, 1.54) is 6.07 Å². The highest BCUT2D eigenvalue weighted by Crippen LogP contribution is 2.25. The Morgan fingerprint density at radius 2 is 1.87 bits per heavy atom. The summed E-state index contributed by atoms with van der Waals surface area (Å²) in [6.45, 7) is 5.74. The van der Waals surface area contributed by atoms with E-state index in [0.29, 0.717) is 54.3 Å². The molecule has 2 aromatic carbocycles. The van der Waals surface area contributed by atoms with Crippen LogP contribution in [0.3, 0.4) is 0 Å². The fourth-order valence-electron chi connectivity index (χ4n) is 3.69. The monoisotopic (exact) mass is 445 g/mol. The third-order valence-electron chi connectivity index (χ3n) is 5.82. The molecule has 1 saturated heterocycles. The van der Waals surface area contributed by atoms with Crippen molar-refractivity contribution in [3.8, 4) is 0 Å².